The molecule has 0 spiro atoms. The molecular weight excluding hydrogens is 497 g/mol. The SMILES string of the molecule is C#Cc1cccc(NC(=O)CN=C(NCC)NCCCNC(=O)OC(C)(C)C)c1.I. The van der Waals surface area contributed by atoms with Gasteiger partial charge in [-0.25, -0.2) is 9.79 Å². The molecule has 0 aliphatic rings. The van der Waals surface area contributed by atoms with Crippen LogP contribution in [0.5, 0.6) is 0 Å². The Labute approximate surface area is 196 Å². The lowest BCUT2D eigenvalue weighted by Crippen LogP contribution is -2.39. The number of halogens is 1. The third-order valence-corrected chi connectivity index (χ3v) is 3.35. The van der Waals surface area contributed by atoms with Crippen LogP contribution in [0.1, 0.15) is 39.7 Å². The molecule has 0 atom stereocenters. The van der Waals surface area contributed by atoms with E-state index < -0.39 is 11.7 Å². The first-order valence-electron chi connectivity index (χ1n) is 9.59. The molecule has 0 radical (unpaired) electrons. The number of anilines is 1. The van der Waals surface area contributed by atoms with Gasteiger partial charge in [-0.3, -0.25) is 4.79 Å². The third-order valence-electron chi connectivity index (χ3n) is 3.35. The van der Waals surface area contributed by atoms with Crippen molar-refractivity contribution in [3.8, 4) is 12.3 Å². The molecule has 166 valence electrons. The Morgan fingerprint density at radius 3 is 2.50 bits per heavy atom. The standard InChI is InChI=1S/C21H31N5O3.HI/c1-6-16-10-8-11-17(14-16)26-18(27)15-25-19(22-7-2)23-12-9-13-24-20(28)29-21(3,4)5;/h1,8,10-11,14H,7,9,12-13,15H2,2-5H3,(H,24,28)(H,26,27)(H2,22,23,25);1H. The van der Waals surface area contributed by atoms with Crippen LogP contribution in [0.25, 0.3) is 0 Å². The number of carbonyl (C=O) groups is 2. The number of benzene rings is 1. The molecule has 0 unspecified atom stereocenters. The van der Waals surface area contributed by atoms with Crippen LogP contribution in [-0.2, 0) is 9.53 Å². The first-order valence-corrected chi connectivity index (χ1v) is 9.59. The van der Waals surface area contributed by atoms with E-state index in [1.54, 1.807) is 24.3 Å². The maximum Gasteiger partial charge on any atom is 0.407 e. The first-order chi connectivity index (χ1) is 13.7. The number of terminal acetylenes is 1. The number of nitrogens with zero attached hydrogens (tertiary/aromatic N) is 1. The van der Waals surface area contributed by atoms with E-state index in [-0.39, 0.29) is 36.4 Å². The van der Waals surface area contributed by atoms with E-state index in [0.29, 0.717) is 43.3 Å². The summed E-state index contributed by atoms with van der Waals surface area (Å²) >= 11 is 0. The Bertz CT molecular complexity index is 754. The van der Waals surface area contributed by atoms with Crippen LogP contribution < -0.4 is 21.3 Å². The fourth-order valence-electron chi connectivity index (χ4n) is 2.18. The Kier molecular flexibility index (Phi) is 13.3. The normalized spacial score (nSPS) is 10.8. The Hall–Kier alpha value is -2.48. The van der Waals surface area contributed by atoms with E-state index in [1.165, 1.54) is 0 Å². The molecule has 0 saturated carbocycles. The second-order valence-corrected chi connectivity index (χ2v) is 7.18. The predicted molar refractivity (Wildman–Crippen MR) is 131 cm³/mol. The molecule has 1 aromatic carbocycles. The molecular formula is C21H32IN5O3. The number of hydrogen-bond donors (Lipinski definition) is 4. The molecule has 0 bridgehead atoms. The number of carbonyl (C=O) groups excluding carboxylic acids is 2. The molecule has 9 heteroatoms. The van der Waals surface area contributed by atoms with Crippen LogP contribution in [0, 0.1) is 12.3 Å². The van der Waals surface area contributed by atoms with Gasteiger partial charge in [0.05, 0.1) is 0 Å². The van der Waals surface area contributed by atoms with E-state index in [2.05, 4.69) is 32.2 Å². The maximum absolute atomic E-state index is 12.1. The van der Waals surface area contributed by atoms with Gasteiger partial charge in [-0.2, -0.15) is 0 Å². The average molecular weight is 529 g/mol. The molecule has 0 aromatic heterocycles. The van der Waals surface area contributed by atoms with Crippen molar-refractivity contribution in [2.45, 2.75) is 39.7 Å². The van der Waals surface area contributed by atoms with Crippen molar-refractivity contribution < 1.29 is 14.3 Å². The second kappa shape index (κ2) is 14.5. The molecule has 1 rings (SSSR count). The monoisotopic (exact) mass is 529 g/mol. The average Bonchev–Trinajstić information content (AvgIpc) is 2.64. The van der Waals surface area contributed by atoms with Crippen LogP contribution in [0.4, 0.5) is 10.5 Å². The molecule has 0 heterocycles. The van der Waals surface area contributed by atoms with Crippen LogP contribution in [0.15, 0.2) is 29.3 Å². The van der Waals surface area contributed by atoms with Crippen LogP contribution >= 0.6 is 24.0 Å². The van der Waals surface area contributed by atoms with E-state index >= 15 is 0 Å². The summed E-state index contributed by atoms with van der Waals surface area (Å²) in [5, 5.41) is 11.6. The number of rotatable bonds is 8. The third kappa shape index (κ3) is 12.9. The number of aliphatic imine (C=N–C) groups is 1. The molecule has 8 nitrogen and oxygen atoms in total. The highest BCUT2D eigenvalue weighted by Crippen LogP contribution is 2.09. The second-order valence-electron chi connectivity index (χ2n) is 7.18. The lowest BCUT2D eigenvalue weighted by molar-refractivity contribution is -0.114. The summed E-state index contributed by atoms with van der Waals surface area (Å²) in [6, 6.07) is 7.07. The van der Waals surface area contributed by atoms with Crippen molar-refractivity contribution in [1.29, 1.82) is 0 Å². The van der Waals surface area contributed by atoms with Gasteiger partial charge >= 0.3 is 6.09 Å². The highest BCUT2D eigenvalue weighted by Gasteiger charge is 2.15. The van der Waals surface area contributed by atoms with E-state index in [0.717, 1.165) is 0 Å². The number of nitrogens with one attached hydrogen (secondary N) is 4. The largest absolute Gasteiger partial charge is 0.444 e. The minimum Gasteiger partial charge on any atom is -0.444 e. The maximum atomic E-state index is 12.1. The summed E-state index contributed by atoms with van der Waals surface area (Å²) in [6.07, 6.45) is 5.60. The number of ether oxygens (including phenoxy) is 1. The minimum atomic E-state index is -0.518. The molecule has 4 N–H and O–H groups in total. The highest BCUT2D eigenvalue weighted by molar-refractivity contribution is 14.0. The zero-order chi connectivity index (χ0) is 21.7. The number of amides is 2. The van der Waals surface area contributed by atoms with Crippen LogP contribution in [0.3, 0.4) is 0 Å². The smallest absolute Gasteiger partial charge is 0.407 e. The topological polar surface area (TPSA) is 104 Å². The zero-order valence-electron chi connectivity index (χ0n) is 18.0. The number of alkyl carbamates (subject to hydrolysis) is 1. The molecule has 0 fully saturated rings. The van der Waals surface area contributed by atoms with Crippen LogP contribution in [-0.4, -0.2) is 49.7 Å². The van der Waals surface area contributed by atoms with Crippen molar-refractivity contribution in [1.82, 2.24) is 16.0 Å². The van der Waals surface area contributed by atoms with Gasteiger partial charge in [0.2, 0.25) is 5.91 Å². The lowest BCUT2D eigenvalue weighted by atomic mass is 10.2. The Balaban J connectivity index is 0.00000841. The van der Waals surface area contributed by atoms with E-state index in [1.807, 2.05) is 27.7 Å². The summed E-state index contributed by atoms with van der Waals surface area (Å²) in [6.45, 7) is 9.05. The zero-order valence-corrected chi connectivity index (χ0v) is 20.3. The summed E-state index contributed by atoms with van der Waals surface area (Å²) in [5.74, 6) is 2.80. The fourth-order valence-corrected chi connectivity index (χ4v) is 2.18. The van der Waals surface area contributed by atoms with Gasteiger partial charge in [0, 0.05) is 30.9 Å². The Morgan fingerprint density at radius 2 is 1.87 bits per heavy atom. The molecule has 30 heavy (non-hydrogen) atoms. The van der Waals surface area contributed by atoms with Crippen LogP contribution in [0.2, 0.25) is 0 Å². The number of guanidine groups is 1. The Morgan fingerprint density at radius 1 is 1.17 bits per heavy atom. The first kappa shape index (κ1) is 27.5. The highest BCUT2D eigenvalue weighted by atomic mass is 127. The van der Waals surface area contributed by atoms with E-state index in [9.17, 15) is 9.59 Å². The lowest BCUT2D eigenvalue weighted by Gasteiger charge is -2.19. The number of hydrogen-bond acceptors (Lipinski definition) is 4. The summed E-state index contributed by atoms with van der Waals surface area (Å²) in [5.41, 5.74) is 0.809. The van der Waals surface area contributed by atoms with Gasteiger partial charge in [0.1, 0.15) is 12.1 Å². The van der Waals surface area contributed by atoms with Crippen molar-refractivity contribution in [2.24, 2.45) is 4.99 Å². The quantitative estimate of drug-likeness (QED) is 0.136. The summed E-state index contributed by atoms with van der Waals surface area (Å²) in [7, 11) is 0. The summed E-state index contributed by atoms with van der Waals surface area (Å²) < 4.78 is 5.17. The molecule has 0 saturated heterocycles. The van der Waals surface area contributed by atoms with E-state index in [4.69, 9.17) is 11.2 Å². The van der Waals surface area contributed by atoms with Gasteiger partial charge in [-0.15, -0.1) is 30.4 Å². The van der Waals surface area contributed by atoms with Crippen molar-refractivity contribution in [3.63, 3.8) is 0 Å². The van der Waals surface area contributed by atoms with Gasteiger partial charge in [-0.1, -0.05) is 12.0 Å². The van der Waals surface area contributed by atoms with Crippen molar-refractivity contribution in [3.05, 3.63) is 29.8 Å². The van der Waals surface area contributed by atoms with Gasteiger partial charge in [0.25, 0.3) is 0 Å². The molecule has 1 aromatic rings. The molecule has 0 aliphatic carbocycles. The summed E-state index contributed by atoms with van der Waals surface area (Å²) in [4.78, 5) is 27.9. The molecule has 0 aliphatic heterocycles. The van der Waals surface area contributed by atoms with Crippen molar-refractivity contribution in [2.75, 3.05) is 31.5 Å². The van der Waals surface area contributed by atoms with Gasteiger partial charge in [0.15, 0.2) is 5.96 Å². The predicted octanol–water partition coefficient (Wildman–Crippen LogP) is 2.69. The van der Waals surface area contributed by atoms with Crippen molar-refractivity contribution >= 4 is 47.6 Å². The van der Waals surface area contributed by atoms with Gasteiger partial charge < -0.3 is 26.0 Å². The fraction of sp³-hybridized carbons (Fsp3) is 0.476. The minimum absolute atomic E-state index is 0. The van der Waals surface area contributed by atoms with Gasteiger partial charge in [-0.05, 0) is 52.3 Å². The molecule has 2 amide bonds.